The fourth-order valence-corrected chi connectivity index (χ4v) is 4.17. The standard InChI is InChI=1S/C10H16N2.C7H10N2.3C6H8N2.C5H6N2.5C4H10/c1-6(2)10-7(3)8(4)11-12-9(10)5;1-5-4-8-9-7(3)6(5)2;1-5-3-6(2)8-7-4-5;1-5-3-4-7-8-6(5)2;1-5-3-4-6(2)8-7-5;1-5-3-2-4-6-7-5;5*1-4(2)3/h6H,1-5H3;4H,1-3H3;3*3-4H,1-2H3;2-4H,1H3;5*4H,1-3H3. The van der Waals surface area contributed by atoms with Gasteiger partial charge in [-0.3, -0.25) is 0 Å². The van der Waals surface area contributed by atoms with Gasteiger partial charge < -0.3 is 0 Å². The molecule has 6 heterocycles. The summed E-state index contributed by atoms with van der Waals surface area (Å²) in [6.07, 6.45) is 6.88. The van der Waals surface area contributed by atoms with Crippen molar-refractivity contribution in [2.75, 3.05) is 0 Å². The van der Waals surface area contributed by atoms with E-state index in [2.05, 4.69) is 193 Å². The van der Waals surface area contributed by atoms with Crippen LogP contribution in [0.3, 0.4) is 0 Å². The van der Waals surface area contributed by atoms with Gasteiger partial charge in [0.1, 0.15) is 0 Å². The summed E-state index contributed by atoms with van der Waals surface area (Å²) in [5, 5.41) is 45.9. The van der Waals surface area contributed by atoms with E-state index in [9.17, 15) is 0 Å². The SMILES string of the molecule is CC(C)C.CC(C)C.CC(C)C.CC(C)C.CC(C)C.Cc1ccc(C)nn1.Cc1cccnn1.Cc1ccnnc1C.Cc1cnnc(C)c1.Cc1cnnc(C)c1C.Cc1nnc(C)c(C(C)C)c1C. The van der Waals surface area contributed by atoms with Crippen LogP contribution in [0.25, 0.3) is 0 Å². The number of rotatable bonds is 1. The molecule has 0 spiro atoms. The molecule has 12 heteroatoms. The van der Waals surface area contributed by atoms with Gasteiger partial charge >= 0.3 is 0 Å². The van der Waals surface area contributed by atoms with Gasteiger partial charge in [-0.15, -0.1) is 0 Å². The van der Waals surface area contributed by atoms with Crippen LogP contribution in [-0.4, -0.2) is 61.2 Å². The average Bonchev–Trinajstić information content (AvgIpc) is 3.24. The lowest BCUT2D eigenvalue weighted by molar-refractivity contribution is 0.736. The lowest BCUT2D eigenvalue weighted by Gasteiger charge is -2.12. The largest absolute Gasteiger partial charge is 0.159 e. The van der Waals surface area contributed by atoms with E-state index in [0.29, 0.717) is 5.92 Å². The van der Waals surface area contributed by atoms with E-state index in [1.54, 1.807) is 24.8 Å². The van der Waals surface area contributed by atoms with Crippen LogP contribution in [0, 0.1) is 120 Å². The van der Waals surface area contributed by atoms with Crippen LogP contribution >= 0.6 is 0 Å². The highest BCUT2D eigenvalue weighted by Crippen LogP contribution is 2.22. The molecule has 6 aromatic rings. The Kier molecular flexibility index (Phi) is 48.7. The summed E-state index contributed by atoms with van der Waals surface area (Å²) >= 11 is 0. The Morgan fingerprint density at radius 1 is 0.306 bits per heavy atom. The van der Waals surface area contributed by atoms with Crippen LogP contribution in [0.2, 0.25) is 0 Å². The molecule has 6 rings (SSSR count). The second-order valence-corrected chi connectivity index (χ2v) is 21.3. The summed E-state index contributed by atoms with van der Waals surface area (Å²) in [4.78, 5) is 0. The van der Waals surface area contributed by atoms with Crippen LogP contribution in [0.1, 0.15) is 203 Å². The minimum absolute atomic E-state index is 0.541. The third-order valence-electron chi connectivity index (χ3n) is 7.58. The second-order valence-electron chi connectivity index (χ2n) is 21.3. The van der Waals surface area contributed by atoms with Crippen molar-refractivity contribution in [2.45, 2.75) is 214 Å². The number of aromatic nitrogens is 12. The lowest BCUT2D eigenvalue weighted by Crippen LogP contribution is -2.03. The summed E-state index contributed by atoms with van der Waals surface area (Å²) in [6.45, 7) is 62.7. The van der Waals surface area contributed by atoms with Gasteiger partial charge in [-0.05, 0) is 195 Å². The van der Waals surface area contributed by atoms with Crippen LogP contribution in [0.15, 0.2) is 61.2 Å². The molecule has 0 aliphatic heterocycles. The summed E-state index contributed by atoms with van der Waals surface area (Å²) in [5.41, 5.74) is 15.5. The third kappa shape index (κ3) is 55.4. The Bertz CT molecular complexity index is 2020. The molecule has 0 amide bonds. The predicted molar refractivity (Wildman–Crippen MR) is 310 cm³/mol. The summed E-state index contributed by atoms with van der Waals surface area (Å²) < 4.78 is 0. The molecule has 0 aromatic carbocycles. The van der Waals surface area contributed by atoms with Crippen molar-refractivity contribution in [1.29, 1.82) is 0 Å². The normalized spacial score (nSPS) is 9.44. The van der Waals surface area contributed by atoms with Crippen molar-refractivity contribution >= 4 is 0 Å². The van der Waals surface area contributed by atoms with Crippen molar-refractivity contribution < 1.29 is 0 Å². The molecule has 0 aliphatic carbocycles. The van der Waals surface area contributed by atoms with Gasteiger partial charge in [-0.2, -0.15) is 61.2 Å². The third-order valence-corrected chi connectivity index (χ3v) is 7.58. The van der Waals surface area contributed by atoms with Gasteiger partial charge in [0.2, 0.25) is 0 Å². The maximum Gasteiger partial charge on any atom is 0.0637 e. The topological polar surface area (TPSA) is 155 Å². The van der Waals surface area contributed by atoms with Gasteiger partial charge in [0.05, 0.1) is 57.9 Å². The monoisotopic (exact) mass is 995 g/mol. The molecule has 0 bridgehead atoms. The Morgan fingerprint density at radius 3 is 0.944 bits per heavy atom. The van der Waals surface area contributed by atoms with Crippen molar-refractivity contribution in [3.05, 3.63) is 140 Å². The predicted octanol–water partition coefficient (Wildman–Crippen LogP) is 16.3. The molecule has 0 radical (unpaired) electrons. The maximum absolute atomic E-state index is 4.11. The highest BCUT2D eigenvalue weighted by molar-refractivity contribution is 5.33. The van der Waals surface area contributed by atoms with Gasteiger partial charge in [0.15, 0.2) is 0 Å². The molecule has 406 valence electrons. The molecule has 0 saturated carbocycles. The summed E-state index contributed by atoms with van der Waals surface area (Å²) in [6, 6.07) is 11.6. The van der Waals surface area contributed by atoms with E-state index < -0.39 is 0 Å². The fraction of sp³-hybridized carbons (Fsp3) is 0.600. The van der Waals surface area contributed by atoms with Crippen LogP contribution in [0.5, 0.6) is 0 Å². The minimum Gasteiger partial charge on any atom is -0.159 e. The number of hydrogen-bond acceptors (Lipinski definition) is 12. The van der Waals surface area contributed by atoms with E-state index in [1.807, 2.05) is 113 Å². The Balaban J connectivity index is -0.000000234. The number of nitrogens with zero attached hydrogens (tertiary/aromatic N) is 12. The zero-order valence-electron chi connectivity index (χ0n) is 51.6. The molecule has 0 fully saturated rings. The smallest absolute Gasteiger partial charge is 0.0637 e. The van der Waals surface area contributed by atoms with E-state index in [0.717, 1.165) is 80.7 Å². The Hall–Kier alpha value is -5.52. The highest BCUT2D eigenvalue weighted by Gasteiger charge is 2.10. The molecule has 0 unspecified atom stereocenters. The van der Waals surface area contributed by atoms with Crippen molar-refractivity contribution in [3.8, 4) is 0 Å². The molecule has 0 atom stereocenters. The Labute approximate surface area is 442 Å². The number of hydrogen-bond donors (Lipinski definition) is 0. The summed E-state index contributed by atoms with van der Waals surface area (Å²) in [7, 11) is 0. The zero-order chi connectivity index (χ0) is 57.1. The number of aryl methyl sites for hydroxylation is 11. The minimum atomic E-state index is 0.541. The molecule has 0 N–H and O–H groups in total. The molecule has 0 saturated heterocycles. The zero-order valence-corrected chi connectivity index (χ0v) is 51.6. The molecule has 12 nitrogen and oxygen atoms in total. The Morgan fingerprint density at radius 2 is 0.681 bits per heavy atom. The van der Waals surface area contributed by atoms with Crippen LogP contribution in [0.4, 0.5) is 0 Å². The quantitative estimate of drug-likeness (QED) is 0.154. The van der Waals surface area contributed by atoms with Gasteiger partial charge in [0.25, 0.3) is 0 Å². The molecular formula is C60H106N12. The molecule has 72 heavy (non-hydrogen) atoms. The fourth-order valence-electron chi connectivity index (χ4n) is 4.17. The first kappa shape index (κ1) is 75.4. The first-order valence-corrected chi connectivity index (χ1v) is 25.8. The van der Waals surface area contributed by atoms with Gasteiger partial charge in [-0.25, -0.2) is 0 Å². The van der Waals surface area contributed by atoms with Crippen molar-refractivity contribution in [3.63, 3.8) is 0 Å². The van der Waals surface area contributed by atoms with Crippen LogP contribution < -0.4 is 0 Å². The molecule has 0 aliphatic rings. The highest BCUT2D eigenvalue weighted by atomic mass is 15.1. The van der Waals surface area contributed by atoms with Crippen molar-refractivity contribution in [1.82, 2.24) is 61.2 Å². The summed E-state index contributed by atoms with van der Waals surface area (Å²) in [5.74, 6) is 4.71. The molecule has 6 aromatic heterocycles. The molecular weight excluding hydrogens is 889 g/mol. The first-order chi connectivity index (χ1) is 33.2. The van der Waals surface area contributed by atoms with E-state index >= 15 is 0 Å². The lowest BCUT2D eigenvalue weighted by atomic mass is 9.96. The van der Waals surface area contributed by atoms with Gasteiger partial charge in [-0.1, -0.05) is 118 Å². The average molecular weight is 996 g/mol. The first-order valence-electron chi connectivity index (χ1n) is 25.8. The maximum atomic E-state index is 4.11. The van der Waals surface area contributed by atoms with E-state index in [-0.39, 0.29) is 0 Å². The van der Waals surface area contributed by atoms with Gasteiger partial charge in [0, 0.05) is 12.4 Å². The van der Waals surface area contributed by atoms with Crippen LogP contribution in [-0.2, 0) is 0 Å². The van der Waals surface area contributed by atoms with E-state index in [1.165, 1.54) is 27.8 Å². The van der Waals surface area contributed by atoms with E-state index in [4.69, 9.17) is 0 Å². The van der Waals surface area contributed by atoms with Crippen molar-refractivity contribution in [2.24, 2.45) is 29.6 Å². The second kappa shape index (κ2) is 46.5.